The second-order valence-electron chi connectivity index (χ2n) is 12.8. The van der Waals surface area contributed by atoms with Gasteiger partial charge < -0.3 is 35.7 Å². The van der Waals surface area contributed by atoms with E-state index in [1.165, 1.54) is 13.0 Å². The molecule has 0 bridgehead atoms. The molecule has 9 nitrogen and oxygen atoms in total. The molecule has 1 heterocycles. The number of carbonyl (C=O) groups excluding carboxylic acids is 1. The van der Waals surface area contributed by atoms with Gasteiger partial charge in [-0.3, -0.25) is 9.59 Å². The molecule has 1 amide bonds. The van der Waals surface area contributed by atoms with Crippen molar-refractivity contribution in [3.8, 4) is 22.6 Å². The Balaban J connectivity index is 0.000000326. The van der Waals surface area contributed by atoms with Crippen LogP contribution in [0.15, 0.2) is 60.7 Å². The summed E-state index contributed by atoms with van der Waals surface area (Å²) in [4.78, 5) is 24.1. The zero-order chi connectivity index (χ0) is 39.3. The lowest BCUT2D eigenvalue weighted by Gasteiger charge is -2.29. The number of nitrogen functional groups attached to an aromatic ring is 1. The van der Waals surface area contributed by atoms with E-state index in [0.717, 1.165) is 76.5 Å². The molecular weight excluding hydrogens is 694 g/mol. The molecule has 13 heteroatoms. The van der Waals surface area contributed by atoms with E-state index in [0.29, 0.717) is 18.6 Å². The second-order valence-corrected chi connectivity index (χ2v) is 12.8. The van der Waals surface area contributed by atoms with Gasteiger partial charge in [0, 0.05) is 31.6 Å². The summed E-state index contributed by atoms with van der Waals surface area (Å²) < 4.78 is 64.0. The Morgan fingerprint density at radius 3 is 2.08 bits per heavy atom. The van der Waals surface area contributed by atoms with E-state index in [2.05, 4.69) is 24.1 Å². The number of methoxy groups -OCH3 is 2. The van der Waals surface area contributed by atoms with E-state index in [9.17, 15) is 27.2 Å². The van der Waals surface area contributed by atoms with E-state index < -0.39 is 30.3 Å². The molecule has 0 saturated carbocycles. The topological polar surface area (TPSA) is 137 Å². The Hall–Kier alpha value is -4.88. The van der Waals surface area contributed by atoms with Crippen LogP contribution in [0.3, 0.4) is 0 Å². The van der Waals surface area contributed by atoms with Crippen LogP contribution < -0.4 is 20.9 Å². The average Bonchev–Trinajstić information content (AvgIpc) is 3.09. The number of nitrogens with zero attached hydrogens (tertiary/aromatic N) is 1. The van der Waals surface area contributed by atoms with Gasteiger partial charge in [0.1, 0.15) is 17.3 Å². The van der Waals surface area contributed by atoms with Crippen LogP contribution >= 0.6 is 0 Å². The van der Waals surface area contributed by atoms with Crippen LogP contribution in [0.1, 0.15) is 66.1 Å². The van der Waals surface area contributed by atoms with Gasteiger partial charge in [0.05, 0.1) is 38.1 Å². The van der Waals surface area contributed by atoms with Crippen LogP contribution in [0.2, 0.25) is 0 Å². The third-order valence-corrected chi connectivity index (χ3v) is 8.70. The van der Waals surface area contributed by atoms with Crippen molar-refractivity contribution in [3.05, 3.63) is 88.7 Å². The summed E-state index contributed by atoms with van der Waals surface area (Å²) in [7, 11) is 5.49. The van der Waals surface area contributed by atoms with E-state index >= 15 is 0 Å². The normalized spacial score (nSPS) is 13.4. The minimum Gasteiger partial charge on any atom is -0.496 e. The fraction of sp³-hybridized carbons (Fsp3) is 0.400. The van der Waals surface area contributed by atoms with Gasteiger partial charge in [-0.1, -0.05) is 43.3 Å². The van der Waals surface area contributed by atoms with Gasteiger partial charge in [0.15, 0.2) is 0 Å². The molecule has 0 unspecified atom stereocenters. The number of rotatable bonds is 11. The van der Waals surface area contributed by atoms with Crippen molar-refractivity contribution in [2.45, 2.75) is 71.3 Å². The molecule has 1 fully saturated rings. The van der Waals surface area contributed by atoms with Gasteiger partial charge in [0.25, 0.3) is 5.91 Å². The lowest BCUT2D eigenvalue weighted by Crippen LogP contribution is -2.34. The molecule has 53 heavy (non-hydrogen) atoms. The number of piperidine rings is 1. The average molecular weight is 744 g/mol. The molecule has 288 valence electrons. The van der Waals surface area contributed by atoms with Crippen LogP contribution in [-0.2, 0) is 22.6 Å². The number of carboxylic acids is 1. The summed E-state index contributed by atoms with van der Waals surface area (Å²) in [5.74, 6) is -0.783. The molecule has 0 aliphatic carbocycles. The number of carbonyl (C=O) groups is 2. The highest BCUT2D eigenvalue weighted by Gasteiger charge is 2.24. The number of anilines is 1. The number of likely N-dealkylation sites (tertiary alicyclic amines) is 1. The number of nitrogens with two attached hydrogens (primary N) is 2. The number of hydrogen-bond donors (Lipinski definition) is 3. The monoisotopic (exact) mass is 743 g/mol. The molecule has 5 rings (SSSR count). The first-order valence-electron chi connectivity index (χ1n) is 17.3. The maximum atomic E-state index is 13.0. The summed E-state index contributed by atoms with van der Waals surface area (Å²) >= 11 is 0. The zero-order valence-corrected chi connectivity index (χ0v) is 30.8. The number of alkyl halides is 3. The molecule has 0 atom stereocenters. The van der Waals surface area contributed by atoms with Gasteiger partial charge in [-0.2, -0.15) is 13.2 Å². The quantitative estimate of drug-likeness (QED) is 0.103. The van der Waals surface area contributed by atoms with Crippen molar-refractivity contribution in [1.29, 1.82) is 0 Å². The molecule has 4 aromatic rings. The number of benzene rings is 4. The molecule has 0 radical (unpaired) electrons. The fourth-order valence-corrected chi connectivity index (χ4v) is 6.10. The smallest absolute Gasteiger partial charge is 0.389 e. The summed E-state index contributed by atoms with van der Waals surface area (Å²) in [5.41, 5.74) is 14.8. The number of carboxylic acid groups (broad SMARTS) is 1. The molecule has 1 aliphatic rings. The number of aliphatic carboxylic acids is 1. The predicted molar refractivity (Wildman–Crippen MR) is 199 cm³/mol. The third kappa shape index (κ3) is 12.6. The predicted octanol–water partition coefficient (Wildman–Crippen LogP) is 8.32. The number of fused-ring (bicyclic) bond motifs is 1. The minimum absolute atomic E-state index is 0.0933. The highest BCUT2D eigenvalue weighted by atomic mass is 19.4. The number of halogens is 4. The van der Waals surface area contributed by atoms with Gasteiger partial charge in [-0.15, -0.1) is 0 Å². The number of ether oxygens (including phenoxy) is 3. The SMILES string of the molecule is CCCC(F)(F)F.COc1cc(COC2CCN(C)CC2)cc(OC)c1-c1cccc2c(CCC(=O)O)cccc12.Cc1cc(N)cc(F)c1C(N)=O. The summed E-state index contributed by atoms with van der Waals surface area (Å²) in [6.07, 6.45) is -1.48. The second kappa shape index (κ2) is 19.8. The lowest BCUT2D eigenvalue weighted by atomic mass is 9.92. The standard InChI is InChI=1S/C28H33NO5.C8H9FN2O.C4H7F3/c1-29-14-12-21(13-15-29)34-18-19-16-25(32-2)28(26(17-19)33-3)24-9-5-7-22-20(10-11-27(30)31)6-4-8-23(22)24;1-4-2-5(10)3-6(9)7(4)8(11)12;1-2-3-4(5,6)7/h4-9,16-17,21H,10-15,18H2,1-3H3,(H,30,31);2-3H,10H2,1H3,(H2,11,12);2-3H2,1H3. The van der Waals surface area contributed by atoms with Crippen LogP contribution in [-0.4, -0.2) is 68.5 Å². The van der Waals surface area contributed by atoms with E-state index in [-0.39, 0.29) is 30.2 Å². The molecule has 1 saturated heterocycles. The first-order valence-corrected chi connectivity index (χ1v) is 17.3. The zero-order valence-electron chi connectivity index (χ0n) is 30.8. The lowest BCUT2D eigenvalue weighted by molar-refractivity contribution is -0.137. The third-order valence-electron chi connectivity index (χ3n) is 8.70. The van der Waals surface area contributed by atoms with Gasteiger partial charge in [-0.25, -0.2) is 4.39 Å². The van der Waals surface area contributed by atoms with Gasteiger partial charge in [-0.05, 0) is 96.9 Å². The first kappa shape index (κ1) is 42.5. The van der Waals surface area contributed by atoms with Crippen LogP contribution in [0.4, 0.5) is 23.2 Å². The Kier molecular flexibility index (Phi) is 15.9. The Morgan fingerprint density at radius 2 is 1.57 bits per heavy atom. The highest BCUT2D eigenvalue weighted by molar-refractivity contribution is 6.01. The maximum Gasteiger partial charge on any atom is 0.389 e. The van der Waals surface area contributed by atoms with Crippen molar-refractivity contribution in [3.63, 3.8) is 0 Å². The molecule has 5 N–H and O–H groups in total. The first-order chi connectivity index (χ1) is 25.1. The van der Waals surface area contributed by atoms with E-state index in [1.54, 1.807) is 21.1 Å². The molecule has 0 spiro atoms. The summed E-state index contributed by atoms with van der Waals surface area (Å²) in [6, 6.07) is 18.8. The van der Waals surface area contributed by atoms with Crippen LogP contribution in [0.25, 0.3) is 21.9 Å². The highest BCUT2D eigenvalue weighted by Crippen LogP contribution is 2.43. The molecule has 0 aromatic heterocycles. The number of primary amides is 1. The largest absolute Gasteiger partial charge is 0.496 e. The summed E-state index contributed by atoms with van der Waals surface area (Å²) in [6.45, 7) is 5.72. The van der Waals surface area contributed by atoms with E-state index in [1.807, 2.05) is 36.4 Å². The van der Waals surface area contributed by atoms with Crippen molar-refractivity contribution in [2.75, 3.05) is 40.1 Å². The number of aryl methyl sites for hydroxylation is 2. The van der Waals surface area contributed by atoms with Gasteiger partial charge >= 0.3 is 12.1 Å². The molecule has 1 aliphatic heterocycles. The Morgan fingerprint density at radius 1 is 0.962 bits per heavy atom. The molecular formula is C40H49F4N3O6. The molecule has 4 aromatic carbocycles. The summed E-state index contributed by atoms with van der Waals surface area (Å²) in [5, 5.41) is 11.2. The van der Waals surface area contributed by atoms with Crippen molar-refractivity contribution in [2.24, 2.45) is 5.73 Å². The Bertz CT molecular complexity index is 1790. The fourth-order valence-electron chi connectivity index (χ4n) is 6.10. The number of amides is 1. The maximum absolute atomic E-state index is 13.0. The van der Waals surface area contributed by atoms with Crippen molar-refractivity contribution < 1.29 is 46.5 Å². The number of hydrogen-bond acceptors (Lipinski definition) is 7. The van der Waals surface area contributed by atoms with Crippen LogP contribution in [0, 0.1) is 12.7 Å². The van der Waals surface area contributed by atoms with Crippen molar-refractivity contribution >= 4 is 28.3 Å². The van der Waals surface area contributed by atoms with Gasteiger partial charge in [0.2, 0.25) is 0 Å². The Labute approximate surface area is 307 Å². The minimum atomic E-state index is -3.95. The van der Waals surface area contributed by atoms with E-state index in [4.69, 9.17) is 30.8 Å². The van der Waals surface area contributed by atoms with Crippen molar-refractivity contribution in [1.82, 2.24) is 4.90 Å². The van der Waals surface area contributed by atoms with Crippen LogP contribution in [0.5, 0.6) is 11.5 Å².